The highest BCUT2D eigenvalue weighted by Crippen LogP contribution is 2.29. The summed E-state index contributed by atoms with van der Waals surface area (Å²) in [7, 11) is 4.07. The van der Waals surface area contributed by atoms with E-state index in [0.29, 0.717) is 0 Å². The maximum absolute atomic E-state index is 6.01. The third-order valence-corrected chi connectivity index (χ3v) is 3.84. The van der Waals surface area contributed by atoms with Crippen LogP contribution < -0.4 is 4.74 Å². The van der Waals surface area contributed by atoms with E-state index in [9.17, 15) is 0 Å². The largest absolute Gasteiger partial charge is 0.457 e. The molecule has 4 heteroatoms. The quantitative estimate of drug-likeness (QED) is 0.778. The summed E-state index contributed by atoms with van der Waals surface area (Å²) in [6.07, 6.45) is 5.71. The lowest BCUT2D eigenvalue weighted by molar-refractivity contribution is 0.387. The van der Waals surface area contributed by atoms with Crippen LogP contribution in [0.5, 0.6) is 11.5 Å². The molecule has 0 spiro atoms. The average Bonchev–Trinajstić information content (AvgIpc) is 2.41. The normalized spacial score (nSPS) is 10.8. The van der Waals surface area contributed by atoms with Gasteiger partial charge in [-0.1, -0.05) is 0 Å². The van der Waals surface area contributed by atoms with Gasteiger partial charge >= 0.3 is 0 Å². The molecule has 2 rings (SSSR count). The molecule has 0 aliphatic rings. The van der Waals surface area contributed by atoms with Crippen LogP contribution in [-0.4, -0.2) is 30.2 Å². The van der Waals surface area contributed by atoms with Crippen molar-refractivity contribution in [2.45, 2.75) is 18.4 Å². The first-order valence-electron chi connectivity index (χ1n) is 6.50. The molecule has 0 radical (unpaired) electrons. The topological polar surface area (TPSA) is 25.4 Å². The zero-order valence-corrected chi connectivity index (χ0v) is 13.2. The molecule has 20 heavy (non-hydrogen) atoms. The molecule has 2 aromatic rings. The maximum atomic E-state index is 6.01. The molecular formula is C16H20N2OS. The molecule has 0 bridgehead atoms. The van der Waals surface area contributed by atoms with Crippen molar-refractivity contribution in [2.24, 2.45) is 0 Å². The number of hydrogen-bond acceptors (Lipinski definition) is 4. The van der Waals surface area contributed by atoms with Crippen molar-refractivity contribution in [3.05, 3.63) is 47.8 Å². The Morgan fingerprint density at radius 1 is 1.25 bits per heavy atom. The average molecular weight is 288 g/mol. The Bertz CT molecular complexity index is 584. The van der Waals surface area contributed by atoms with Crippen molar-refractivity contribution in [3.8, 4) is 11.5 Å². The van der Waals surface area contributed by atoms with Gasteiger partial charge in [0, 0.05) is 29.4 Å². The highest BCUT2D eigenvalue weighted by atomic mass is 32.2. The third-order valence-electron chi connectivity index (χ3n) is 2.94. The molecule has 0 aliphatic carbocycles. The van der Waals surface area contributed by atoms with Gasteiger partial charge in [0.05, 0.1) is 0 Å². The van der Waals surface area contributed by atoms with Gasteiger partial charge < -0.3 is 9.64 Å². The van der Waals surface area contributed by atoms with E-state index in [4.69, 9.17) is 4.74 Å². The minimum atomic E-state index is 0.811. The lowest BCUT2D eigenvalue weighted by atomic mass is 10.2. The minimum Gasteiger partial charge on any atom is -0.457 e. The zero-order chi connectivity index (χ0) is 14.5. The highest BCUT2D eigenvalue weighted by molar-refractivity contribution is 7.98. The molecule has 1 aromatic carbocycles. The number of thioether (sulfide) groups is 1. The third kappa shape index (κ3) is 3.74. The number of aromatic nitrogens is 1. The Morgan fingerprint density at radius 3 is 2.70 bits per heavy atom. The molecule has 0 unspecified atom stereocenters. The summed E-state index contributed by atoms with van der Waals surface area (Å²) in [5.41, 5.74) is 2.32. The van der Waals surface area contributed by atoms with Crippen LogP contribution in [0.4, 0.5) is 0 Å². The van der Waals surface area contributed by atoms with E-state index < -0.39 is 0 Å². The number of aryl methyl sites for hydroxylation is 1. The van der Waals surface area contributed by atoms with Gasteiger partial charge in [-0.15, -0.1) is 11.8 Å². The van der Waals surface area contributed by atoms with Crippen molar-refractivity contribution >= 4 is 11.8 Å². The van der Waals surface area contributed by atoms with Gasteiger partial charge in [0.1, 0.15) is 11.5 Å². The van der Waals surface area contributed by atoms with Gasteiger partial charge in [0.25, 0.3) is 0 Å². The van der Waals surface area contributed by atoms with Gasteiger partial charge in [-0.05, 0) is 57.1 Å². The first-order chi connectivity index (χ1) is 9.60. The van der Waals surface area contributed by atoms with Gasteiger partial charge in [0.2, 0.25) is 0 Å². The first kappa shape index (κ1) is 14.9. The number of hydrogen-bond donors (Lipinski definition) is 0. The van der Waals surface area contributed by atoms with Crippen molar-refractivity contribution in [3.63, 3.8) is 0 Å². The van der Waals surface area contributed by atoms with Gasteiger partial charge in [-0.25, -0.2) is 0 Å². The smallest absolute Gasteiger partial charge is 0.135 e. The summed E-state index contributed by atoms with van der Waals surface area (Å²) >= 11 is 1.75. The van der Waals surface area contributed by atoms with Crippen LogP contribution in [0.3, 0.4) is 0 Å². The molecule has 0 fully saturated rings. The fourth-order valence-electron chi connectivity index (χ4n) is 2.01. The molecule has 3 nitrogen and oxygen atoms in total. The lowest BCUT2D eigenvalue weighted by Gasteiger charge is -2.15. The molecule has 106 valence electrons. The van der Waals surface area contributed by atoms with Crippen LogP contribution in [0, 0.1) is 6.92 Å². The van der Waals surface area contributed by atoms with Crippen molar-refractivity contribution in [1.82, 2.24) is 9.88 Å². The SMILES string of the molecule is CSc1ccc(Oc2ccncc2CN(C)C)cc1C. The van der Waals surface area contributed by atoms with Gasteiger partial charge in [0.15, 0.2) is 0 Å². The second-order valence-corrected chi connectivity index (χ2v) is 5.80. The molecule has 1 heterocycles. The van der Waals surface area contributed by atoms with E-state index >= 15 is 0 Å². The van der Waals surface area contributed by atoms with Crippen LogP contribution in [0.25, 0.3) is 0 Å². The highest BCUT2D eigenvalue weighted by Gasteiger charge is 2.07. The van der Waals surface area contributed by atoms with Crippen LogP contribution >= 0.6 is 11.8 Å². The Balaban J connectivity index is 2.23. The summed E-state index contributed by atoms with van der Waals surface area (Å²) in [5.74, 6) is 1.73. The van der Waals surface area contributed by atoms with Crippen molar-refractivity contribution in [2.75, 3.05) is 20.4 Å². The predicted molar refractivity (Wildman–Crippen MR) is 84.7 cm³/mol. The Hall–Kier alpha value is -1.52. The van der Waals surface area contributed by atoms with E-state index in [1.165, 1.54) is 10.5 Å². The summed E-state index contributed by atoms with van der Waals surface area (Å²) in [6, 6.07) is 8.10. The molecular weight excluding hydrogens is 268 g/mol. The standard InChI is InChI=1S/C16H20N2OS/c1-12-9-14(5-6-16(12)20-4)19-15-7-8-17-10-13(15)11-18(2)3/h5-10H,11H2,1-4H3. The molecule has 0 saturated heterocycles. The second kappa shape index (κ2) is 6.77. The fourth-order valence-corrected chi connectivity index (χ4v) is 2.60. The number of nitrogens with zero attached hydrogens (tertiary/aromatic N) is 2. The number of pyridine rings is 1. The predicted octanol–water partition coefficient (Wildman–Crippen LogP) is 3.97. The molecule has 0 atom stereocenters. The lowest BCUT2D eigenvalue weighted by Crippen LogP contribution is -2.11. The summed E-state index contributed by atoms with van der Waals surface area (Å²) in [6.45, 7) is 2.91. The summed E-state index contributed by atoms with van der Waals surface area (Å²) < 4.78 is 6.01. The van der Waals surface area contributed by atoms with Gasteiger partial charge in [-0.3, -0.25) is 4.98 Å². The fraction of sp³-hybridized carbons (Fsp3) is 0.312. The van der Waals surface area contributed by atoms with Crippen LogP contribution in [0.2, 0.25) is 0 Å². The molecule has 0 saturated carbocycles. The van der Waals surface area contributed by atoms with E-state index in [1.807, 2.05) is 32.4 Å². The minimum absolute atomic E-state index is 0.811. The second-order valence-electron chi connectivity index (χ2n) is 4.95. The Kier molecular flexibility index (Phi) is 5.04. The summed E-state index contributed by atoms with van der Waals surface area (Å²) in [4.78, 5) is 7.56. The maximum Gasteiger partial charge on any atom is 0.135 e. The van der Waals surface area contributed by atoms with E-state index in [2.05, 4.69) is 35.2 Å². The first-order valence-corrected chi connectivity index (χ1v) is 7.72. The number of benzene rings is 1. The van der Waals surface area contributed by atoms with Crippen LogP contribution in [0.15, 0.2) is 41.6 Å². The zero-order valence-electron chi connectivity index (χ0n) is 12.4. The molecule has 1 aromatic heterocycles. The van der Waals surface area contributed by atoms with E-state index in [1.54, 1.807) is 18.0 Å². The Labute approximate surface area is 125 Å². The Morgan fingerprint density at radius 2 is 2.05 bits per heavy atom. The molecule has 0 amide bonds. The van der Waals surface area contributed by atoms with Crippen LogP contribution in [-0.2, 0) is 6.54 Å². The van der Waals surface area contributed by atoms with E-state index in [0.717, 1.165) is 23.6 Å². The number of rotatable bonds is 5. The van der Waals surface area contributed by atoms with Crippen LogP contribution in [0.1, 0.15) is 11.1 Å². The summed E-state index contributed by atoms with van der Waals surface area (Å²) in [5, 5.41) is 0. The van der Waals surface area contributed by atoms with Gasteiger partial charge in [-0.2, -0.15) is 0 Å². The monoisotopic (exact) mass is 288 g/mol. The molecule has 0 N–H and O–H groups in total. The number of ether oxygens (including phenoxy) is 1. The van der Waals surface area contributed by atoms with Crippen molar-refractivity contribution < 1.29 is 4.74 Å². The van der Waals surface area contributed by atoms with E-state index in [-0.39, 0.29) is 0 Å². The molecule has 0 aliphatic heterocycles. The van der Waals surface area contributed by atoms with Crippen molar-refractivity contribution in [1.29, 1.82) is 0 Å².